The van der Waals surface area contributed by atoms with Gasteiger partial charge in [-0.1, -0.05) is 18.2 Å². The number of rotatable bonds is 6. The van der Waals surface area contributed by atoms with Crippen LogP contribution in [0.1, 0.15) is 11.6 Å². The molecule has 1 atom stereocenters. The van der Waals surface area contributed by atoms with Gasteiger partial charge in [0.25, 0.3) is 0 Å². The predicted octanol–water partition coefficient (Wildman–Crippen LogP) is 3.13. The van der Waals surface area contributed by atoms with Gasteiger partial charge in [0.1, 0.15) is 11.6 Å². The number of nitrogens with two attached hydrogens (primary N) is 1. The molecule has 0 aliphatic heterocycles. The van der Waals surface area contributed by atoms with E-state index in [1.54, 1.807) is 31.0 Å². The number of hydrazine groups is 1. The van der Waals surface area contributed by atoms with E-state index in [1.807, 2.05) is 24.3 Å². The lowest BCUT2D eigenvalue weighted by atomic mass is 10.1. The summed E-state index contributed by atoms with van der Waals surface area (Å²) in [5.41, 5.74) is 3.81. The Hall–Kier alpha value is -1.56. The average Bonchev–Trinajstić information content (AvgIpc) is 2.50. The molecule has 0 aliphatic rings. The molecule has 1 unspecified atom stereocenters. The number of ether oxygens (including phenoxy) is 1. The fourth-order valence-corrected chi connectivity index (χ4v) is 2.86. The maximum Gasteiger partial charge on any atom is 0.123 e. The van der Waals surface area contributed by atoms with Gasteiger partial charge in [-0.3, -0.25) is 11.3 Å². The molecule has 3 nitrogen and oxygen atoms in total. The van der Waals surface area contributed by atoms with Crippen LogP contribution in [0.3, 0.4) is 0 Å². The molecule has 0 saturated carbocycles. The highest BCUT2D eigenvalue weighted by Gasteiger charge is 2.14. The monoisotopic (exact) mass is 292 g/mol. The van der Waals surface area contributed by atoms with E-state index in [-0.39, 0.29) is 11.9 Å². The van der Waals surface area contributed by atoms with Crippen LogP contribution >= 0.6 is 11.8 Å². The number of para-hydroxylation sites is 1. The molecule has 20 heavy (non-hydrogen) atoms. The lowest BCUT2D eigenvalue weighted by Gasteiger charge is -2.18. The third-order valence-electron chi connectivity index (χ3n) is 2.95. The van der Waals surface area contributed by atoms with Gasteiger partial charge in [0.2, 0.25) is 0 Å². The molecular weight excluding hydrogens is 275 g/mol. The molecule has 0 fully saturated rings. The highest BCUT2D eigenvalue weighted by atomic mass is 32.2. The largest absolute Gasteiger partial charge is 0.496 e. The first-order valence-electron chi connectivity index (χ1n) is 6.22. The number of hydrogen-bond donors (Lipinski definition) is 2. The van der Waals surface area contributed by atoms with Crippen LogP contribution in [0.5, 0.6) is 5.75 Å². The first-order chi connectivity index (χ1) is 9.74. The minimum Gasteiger partial charge on any atom is -0.496 e. The number of methoxy groups -OCH3 is 1. The summed E-state index contributed by atoms with van der Waals surface area (Å²) < 4.78 is 18.2. The minimum atomic E-state index is -0.229. The first-order valence-corrected chi connectivity index (χ1v) is 7.20. The van der Waals surface area contributed by atoms with Crippen LogP contribution in [-0.4, -0.2) is 12.9 Å². The Morgan fingerprint density at radius 3 is 2.55 bits per heavy atom. The van der Waals surface area contributed by atoms with E-state index in [4.69, 9.17) is 10.6 Å². The van der Waals surface area contributed by atoms with E-state index in [0.717, 1.165) is 22.0 Å². The molecule has 0 amide bonds. The van der Waals surface area contributed by atoms with Crippen molar-refractivity contribution in [3.63, 3.8) is 0 Å². The molecule has 106 valence electrons. The van der Waals surface area contributed by atoms with Crippen molar-refractivity contribution in [2.24, 2.45) is 5.84 Å². The van der Waals surface area contributed by atoms with Crippen LogP contribution in [0, 0.1) is 5.82 Å². The standard InChI is InChI=1S/C15H17FN2OS/c1-19-15-5-3-2-4-13(15)14(18-17)10-20-12-8-6-11(16)7-9-12/h2-9,14,18H,10,17H2,1H3. The maximum atomic E-state index is 12.9. The van der Waals surface area contributed by atoms with Crippen LogP contribution < -0.4 is 16.0 Å². The molecule has 5 heteroatoms. The van der Waals surface area contributed by atoms with Crippen molar-refractivity contribution in [2.75, 3.05) is 12.9 Å². The number of thioether (sulfide) groups is 1. The van der Waals surface area contributed by atoms with Crippen molar-refractivity contribution in [3.8, 4) is 5.75 Å². The lowest BCUT2D eigenvalue weighted by Crippen LogP contribution is -2.30. The molecule has 2 rings (SSSR count). The van der Waals surface area contributed by atoms with E-state index in [0.29, 0.717) is 0 Å². The first kappa shape index (κ1) is 14.8. The van der Waals surface area contributed by atoms with E-state index in [1.165, 1.54) is 12.1 Å². The number of hydrogen-bond acceptors (Lipinski definition) is 4. The molecule has 2 aromatic carbocycles. The quantitative estimate of drug-likeness (QED) is 0.488. The summed E-state index contributed by atoms with van der Waals surface area (Å²) in [6, 6.07) is 14.1. The van der Waals surface area contributed by atoms with Crippen LogP contribution in [0.4, 0.5) is 4.39 Å². The number of halogens is 1. The van der Waals surface area contributed by atoms with Gasteiger partial charge in [-0.15, -0.1) is 11.8 Å². The molecule has 3 N–H and O–H groups in total. The highest BCUT2D eigenvalue weighted by Crippen LogP contribution is 2.29. The second-order valence-electron chi connectivity index (χ2n) is 4.23. The fraction of sp³-hybridized carbons (Fsp3) is 0.200. The third kappa shape index (κ3) is 3.72. The van der Waals surface area contributed by atoms with Gasteiger partial charge in [-0.25, -0.2) is 4.39 Å². The summed E-state index contributed by atoms with van der Waals surface area (Å²) in [5, 5.41) is 0. The zero-order chi connectivity index (χ0) is 14.4. The van der Waals surface area contributed by atoms with Crippen LogP contribution in [0.15, 0.2) is 53.4 Å². The molecule has 0 heterocycles. The summed E-state index contributed by atoms with van der Waals surface area (Å²) in [6.45, 7) is 0. The van der Waals surface area contributed by atoms with Crippen molar-refractivity contribution in [1.29, 1.82) is 0 Å². The number of nitrogens with one attached hydrogen (secondary N) is 1. The van der Waals surface area contributed by atoms with Gasteiger partial charge in [0.15, 0.2) is 0 Å². The summed E-state index contributed by atoms with van der Waals surface area (Å²) >= 11 is 1.61. The Kier molecular flexibility index (Phi) is 5.40. The molecule has 0 radical (unpaired) electrons. The number of benzene rings is 2. The van der Waals surface area contributed by atoms with E-state index < -0.39 is 0 Å². The highest BCUT2D eigenvalue weighted by molar-refractivity contribution is 7.99. The lowest BCUT2D eigenvalue weighted by molar-refractivity contribution is 0.403. The zero-order valence-corrected chi connectivity index (χ0v) is 12.0. The molecule has 0 saturated heterocycles. The van der Waals surface area contributed by atoms with Crippen molar-refractivity contribution in [3.05, 3.63) is 59.9 Å². The van der Waals surface area contributed by atoms with Gasteiger partial charge in [-0.05, 0) is 30.3 Å². The second-order valence-corrected chi connectivity index (χ2v) is 5.32. The second kappa shape index (κ2) is 7.28. The molecule has 0 aromatic heterocycles. The molecular formula is C15H17FN2OS. The topological polar surface area (TPSA) is 47.3 Å². The fourth-order valence-electron chi connectivity index (χ4n) is 1.89. The Bertz CT molecular complexity index is 548. The van der Waals surface area contributed by atoms with Gasteiger partial charge >= 0.3 is 0 Å². The third-order valence-corrected chi connectivity index (χ3v) is 4.05. The predicted molar refractivity (Wildman–Crippen MR) is 80.2 cm³/mol. The Morgan fingerprint density at radius 2 is 1.90 bits per heavy atom. The van der Waals surface area contributed by atoms with Gasteiger partial charge in [-0.2, -0.15) is 0 Å². The maximum absolute atomic E-state index is 12.9. The van der Waals surface area contributed by atoms with Crippen molar-refractivity contribution >= 4 is 11.8 Å². The smallest absolute Gasteiger partial charge is 0.123 e. The van der Waals surface area contributed by atoms with E-state index in [2.05, 4.69) is 5.43 Å². The van der Waals surface area contributed by atoms with Gasteiger partial charge < -0.3 is 4.74 Å². The van der Waals surface area contributed by atoms with E-state index >= 15 is 0 Å². The van der Waals surface area contributed by atoms with Crippen molar-refractivity contribution < 1.29 is 9.13 Å². The molecule has 0 bridgehead atoms. The van der Waals surface area contributed by atoms with Crippen molar-refractivity contribution in [2.45, 2.75) is 10.9 Å². The average molecular weight is 292 g/mol. The molecule has 0 aliphatic carbocycles. The van der Waals surface area contributed by atoms with Gasteiger partial charge in [0, 0.05) is 16.2 Å². The Labute approximate surface area is 122 Å². The zero-order valence-electron chi connectivity index (χ0n) is 11.2. The minimum absolute atomic E-state index is 0.0406. The van der Waals surface area contributed by atoms with Crippen LogP contribution in [-0.2, 0) is 0 Å². The summed E-state index contributed by atoms with van der Waals surface area (Å²) in [7, 11) is 1.64. The molecule has 2 aromatic rings. The Balaban J connectivity index is 2.07. The molecule has 0 spiro atoms. The van der Waals surface area contributed by atoms with Crippen LogP contribution in [0.25, 0.3) is 0 Å². The Morgan fingerprint density at radius 1 is 1.20 bits per heavy atom. The van der Waals surface area contributed by atoms with Gasteiger partial charge in [0.05, 0.1) is 13.2 Å². The summed E-state index contributed by atoms with van der Waals surface area (Å²) in [4.78, 5) is 1.00. The van der Waals surface area contributed by atoms with E-state index in [9.17, 15) is 4.39 Å². The SMILES string of the molecule is COc1ccccc1C(CSc1ccc(F)cc1)NN. The summed E-state index contributed by atoms with van der Waals surface area (Å²) in [5.74, 6) is 6.93. The normalized spacial score (nSPS) is 12.2. The van der Waals surface area contributed by atoms with Crippen LogP contribution in [0.2, 0.25) is 0 Å². The van der Waals surface area contributed by atoms with Crippen molar-refractivity contribution in [1.82, 2.24) is 5.43 Å². The summed E-state index contributed by atoms with van der Waals surface area (Å²) in [6.07, 6.45) is 0.